The number of benzene rings is 2. The first-order valence-electron chi connectivity index (χ1n) is 9.06. The van der Waals surface area contributed by atoms with Crippen molar-refractivity contribution in [1.82, 2.24) is 5.32 Å². The molecule has 0 saturated heterocycles. The van der Waals surface area contributed by atoms with Crippen molar-refractivity contribution in [3.8, 4) is 5.75 Å². The number of hydrogen-bond donors (Lipinski definition) is 1. The van der Waals surface area contributed by atoms with Gasteiger partial charge in [-0.3, -0.25) is 4.79 Å². The fraction of sp³-hybridized carbons (Fsp3) is 0.381. The Balaban J connectivity index is 1.41. The number of hydrogen-bond acceptors (Lipinski definition) is 3. The molecule has 132 valence electrons. The lowest BCUT2D eigenvalue weighted by molar-refractivity contribution is -0.127. The predicted molar refractivity (Wildman–Crippen MR) is 101 cm³/mol. The van der Waals surface area contributed by atoms with Crippen LogP contribution in [0.5, 0.6) is 5.75 Å². The number of aryl methyl sites for hydroxylation is 1. The van der Waals surface area contributed by atoms with E-state index in [9.17, 15) is 4.79 Å². The number of rotatable bonds is 7. The molecule has 1 aliphatic rings. The Morgan fingerprint density at radius 3 is 2.76 bits per heavy atom. The second-order valence-electron chi connectivity index (χ2n) is 6.44. The lowest BCUT2D eigenvalue weighted by Gasteiger charge is -2.31. The lowest BCUT2D eigenvalue weighted by Crippen LogP contribution is -2.38. The van der Waals surface area contributed by atoms with Gasteiger partial charge in [0, 0.05) is 25.3 Å². The van der Waals surface area contributed by atoms with E-state index in [4.69, 9.17) is 4.74 Å². The van der Waals surface area contributed by atoms with Crippen LogP contribution >= 0.6 is 0 Å². The summed E-state index contributed by atoms with van der Waals surface area (Å²) in [6, 6.07) is 18.1. The number of nitrogens with one attached hydrogen (secondary N) is 1. The second-order valence-corrected chi connectivity index (χ2v) is 6.44. The number of carbonyl (C=O) groups is 1. The summed E-state index contributed by atoms with van der Waals surface area (Å²) in [6.07, 6.45) is 2.81. The molecule has 1 aliphatic heterocycles. The van der Waals surface area contributed by atoms with Crippen molar-refractivity contribution in [2.75, 3.05) is 24.5 Å². The van der Waals surface area contributed by atoms with Crippen LogP contribution in [0.3, 0.4) is 0 Å². The van der Waals surface area contributed by atoms with Crippen LogP contribution in [0.15, 0.2) is 54.6 Å². The average molecular weight is 338 g/mol. The number of nitrogens with zero attached hydrogens (tertiary/aromatic N) is 1. The molecule has 0 aromatic heterocycles. The topological polar surface area (TPSA) is 41.6 Å². The first kappa shape index (κ1) is 17.3. The first-order valence-corrected chi connectivity index (χ1v) is 9.06. The van der Waals surface area contributed by atoms with Gasteiger partial charge in [-0.1, -0.05) is 36.4 Å². The highest BCUT2D eigenvalue weighted by Gasteiger charge is 2.17. The van der Waals surface area contributed by atoms with Crippen LogP contribution < -0.4 is 15.0 Å². The minimum atomic E-state index is -0.488. The lowest BCUT2D eigenvalue weighted by atomic mass is 10.0. The highest BCUT2D eigenvalue weighted by atomic mass is 16.5. The number of anilines is 1. The average Bonchev–Trinajstić information content (AvgIpc) is 2.66. The molecular weight excluding hydrogens is 312 g/mol. The molecule has 4 heteroatoms. The molecular formula is C21H26N2O2. The molecule has 0 aliphatic carbocycles. The number of amides is 1. The Morgan fingerprint density at radius 1 is 1.16 bits per heavy atom. The fourth-order valence-corrected chi connectivity index (χ4v) is 3.23. The van der Waals surface area contributed by atoms with Gasteiger partial charge in [0.15, 0.2) is 6.10 Å². The highest BCUT2D eigenvalue weighted by Crippen LogP contribution is 2.26. The fourth-order valence-electron chi connectivity index (χ4n) is 3.23. The van der Waals surface area contributed by atoms with Crippen molar-refractivity contribution in [2.45, 2.75) is 32.3 Å². The first-order chi connectivity index (χ1) is 12.2. The molecule has 2 aromatic rings. The molecule has 0 radical (unpaired) electrons. The molecule has 1 N–H and O–H groups in total. The maximum Gasteiger partial charge on any atom is 0.260 e. The maximum absolute atomic E-state index is 12.1. The molecule has 0 spiro atoms. The van der Waals surface area contributed by atoms with E-state index in [1.165, 1.54) is 17.7 Å². The van der Waals surface area contributed by atoms with Crippen LogP contribution in [0, 0.1) is 0 Å². The van der Waals surface area contributed by atoms with Gasteiger partial charge in [0.25, 0.3) is 5.91 Å². The Labute approximate surface area is 149 Å². The Hall–Kier alpha value is -2.49. The third-order valence-corrected chi connectivity index (χ3v) is 4.54. The van der Waals surface area contributed by atoms with Crippen LogP contribution in [-0.2, 0) is 11.2 Å². The van der Waals surface area contributed by atoms with E-state index in [0.29, 0.717) is 6.54 Å². The van der Waals surface area contributed by atoms with E-state index < -0.39 is 6.10 Å². The molecule has 1 amide bonds. The van der Waals surface area contributed by atoms with Crippen molar-refractivity contribution in [3.05, 3.63) is 60.2 Å². The normalized spacial score (nSPS) is 14.5. The highest BCUT2D eigenvalue weighted by molar-refractivity contribution is 5.80. The number of ether oxygens (including phenoxy) is 1. The molecule has 4 nitrogen and oxygen atoms in total. The molecule has 3 rings (SSSR count). The van der Waals surface area contributed by atoms with Crippen LogP contribution in [0.1, 0.15) is 25.3 Å². The summed E-state index contributed by atoms with van der Waals surface area (Å²) in [7, 11) is 0. The van der Waals surface area contributed by atoms with Gasteiger partial charge >= 0.3 is 0 Å². The zero-order valence-electron chi connectivity index (χ0n) is 14.8. The summed E-state index contributed by atoms with van der Waals surface area (Å²) in [6.45, 7) is 4.51. The van der Waals surface area contributed by atoms with E-state index in [0.717, 1.165) is 31.7 Å². The minimum Gasteiger partial charge on any atom is -0.481 e. The third-order valence-electron chi connectivity index (χ3n) is 4.54. The van der Waals surface area contributed by atoms with Gasteiger partial charge in [-0.15, -0.1) is 0 Å². The summed E-state index contributed by atoms with van der Waals surface area (Å²) in [5, 5.41) is 2.98. The summed E-state index contributed by atoms with van der Waals surface area (Å²) in [5.41, 5.74) is 2.78. The molecule has 0 saturated carbocycles. The minimum absolute atomic E-state index is 0.0668. The van der Waals surface area contributed by atoms with E-state index >= 15 is 0 Å². The van der Waals surface area contributed by atoms with Crippen molar-refractivity contribution < 1.29 is 9.53 Å². The van der Waals surface area contributed by atoms with Crippen LogP contribution in [0.2, 0.25) is 0 Å². The van der Waals surface area contributed by atoms with Gasteiger partial charge in [0.1, 0.15) is 5.75 Å². The zero-order valence-corrected chi connectivity index (χ0v) is 14.8. The maximum atomic E-state index is 12.1. The van der Waals surface area contributed by atoms with E-state index in [2.05, 4.69) is 34.5 Å². The van der Waals surface area contributed by atoms with Gasteiger partial charge in [-0.05, 0) is 49.9 Å². The van der Waals surface area contributed by atoms with Gasteiger partial charge < -0.3 is 15.0 Å². The Morgan fingerprint density at radius 2 is 1.92 bits per heavy atom. The Bertz CT molecular complexity index is 687. The standard InChI is InChI=1S/C21H26N2O2/c1-17(25-19-11-3-2-4-12-19)21(24)22-14-8-16-23-15-7-10-18-9-5-6-13-20(18)23/h2-6,9,11-13,17H,7-8,10,14-16H2,1H3,(H,22,24)/t17-/m0/s1. The van der Waals surface area contributed by atoms with Crippen molar-refractivity contribution >= 4 is 11.6 Å². The largest absolute Gasteiger partial charge is 0.481 e. The number of fused-ring (bicyclic) bond motifs is 1. The molecule has 0 bridgehead atoms. The third kappa shape index (κ3) is 4.75. The van der Waals surface area contributed by atoms with E-state index in [-0.39, 0.29) is 5.91 Å². The van der Waals surface area contributed by atoms with Crippen LogP contribution in [0.25, 0.3) is 0 Å². The predicted octanol–water partition coefficient (Wildman–Crippen LogP) is 3.41. The van der Waals surface area contributed by atoms with Crippen molar-refractivity contribution in [2.24, 2.45) is 0 Å². The van der Waals surface area contributed by atoms with Gasteiger partial charge in [0.2, 0.25) is 0 Å². The van der Waals surface area contributed by atoms with Gasteiger partial charge in [-0.25, -0.2) is 0 Å². The zero-order chi connectivity index (χ0) is 17.5. The molecule has 1 atom stereocenters. The SMILES string of the molecule is C[C@H](Oc1ccccc1)C(=O)NCCCN1CCCc2ccccc21. The van der Waals surface area contributed by atoms with Crippen LogP contribution in [-0.4, -0.2) is 31.6 Å². The molecule has 1 heterocycles. The summed E-state index contributed by atoms with van der Waals surface area (Å²) >= 11 is 0. The summed E-state index contributed by atoms with van der Waals surface area (Å²) < 4.78 is 5.65. The second kappa shape index (κ2) is 8.56. The molecule has 0 unspecified atom stereocenters. The number of carbonyl (C=O) groups excluding carboxylic acids is 1. The van der Waals surface area contributed by atoms with E-state index in [1.54, 1.807) is 6.92 Å². The number of para-hydroxylation sites is 2. The van der Waals surface area contributed by atoms with E-state index in [1.807, 2.05) is 30.3 Å². The van der Waals surface area contributed by atoms with Crippen LogP contribution in [0.4, 0.5) is 5.69 Å². The monoisotopic (exact) mass is 338 g/mol. The van der Waals surface area contributed by atoms with Gasteiger partial charge in [0.05, 0.1) is 0 Å². The van der Waals surface area contributed by atoms with Crippen molar-refractivity contribution in [1.29, 1.82) is 0 Å². The van der Waals surface area contributed by atoms with Gasteiger partial charge in [-0.2, -0.15) is 0 Å². The molecule has 2 aromatic carbocycles. The Kier molecular flexibility index (Phi) is 5.94. The van der Waals surface area contributed by atoms with Crippen molar-refractivity contribution in [3.63, 3.8) is 0 Å². The summed E-state index contributed by atoms with van der Waals surface area (Å²) in [5.74, 6) is 0.651. The smallest absolute Gasteiger partial charge is 0.260 e. The molecule has 0 fully saturated rings. The molecule has 25 heavy (non-hydrogen) atoms. The quantitative estimate of drug-likeness (QED) is 0.787. The summed E-state index contributed by atoms with van der Waals surface area (Å²) in [4.78, 5) is 14.6.